The molecule has 1 aliphatic heterocycles. The largest absolute Gasteiger partial charge is 0.390 e. The first-order chi connectivity index (χ1) is 10.7. The highest BCUT2D eigenvalue weighted by molar-refractivity contribution is 4.82. The van der Waals surface area contributed by atoms with Gasteiger partial charge in [0, 0.05) is 13.2 Å². The van der Waals surface area contributed by atoms with E-state index in [0.717, 1.165) is 43.8 Å². The molecule has 140 valence electrons. The van der Waals surface area contributed by atoms with Crippen LogP contribution in [0, 0.1) is 23.2 Å². The molecule has 23 heavy (non-hydrogen) atoms. The second-order valence-corrected chi connectivity index (χ2v) is 8.50. The molecule has 0 atom stereocenters. The van der Waals surface area contributed by atoms with Gasteiger partial charge in [0.05, 0.1) is 5.60 Å². The SMILES string of the molecule is CC.CC(C)C1(C)CCOCC1.CC(C)C1CCC(C)(O)CC1. The fourth-order valence-corrected chi connectivity index (χ4v) is 3.34. The van der Waals surface area contributed by atoms with Crippen LogP contribution in [0.15, 0.2) is 0 Å². The van der Waals surface area contributed by atoms with E-state index in [0.29, 0.717) is 5.41 Å². The molecular formula is C21H44O2. The van der Waals surface area contributed by atoms with Crippen LogP contribution in [0.3, 0.4) is 0 Å². The third kappa shape index (κ3) is 8.54. The summed E-state index contributed by atoms with van der Waals surface area (Å²) in [4.78, 5) is 0. The molecule has 0 spiro atoms. The lowest BCUT2D eigenvalue weighted by Gasteiger charge is -2.37. The molecule has 2 heteroatoms. The zero-order valence-corrected chi connectivity index (χ0v) is 17.2. The maximum absolute atomic E-state index is 9.67. The molecule has 1 aliphatic carbocycles. The maximum atomic E-state index is 9.67. The minimum atomic E-state index is -0.356. The van der Waals surface area contributed by atoms with Crippen LogP contribution >= 0.6 is 0 Å². The molecule has 1 heterocycles. The summed E-state index contributed by atoms with van der Waals surface area (Å²) in [6.45, 7) is 19.5. The molecule has 0 radical (unpaired) electrons. The van der Waals surface area contributed by atoms with Gasteiger partial charge in [-0.25, -0.2) is 0 Å². The normalized spacial score (nSPS) is 30.1. The average molecular weight is 329 g/mol. The van der Waals surface area contributed by atoms with E-state index < -0.39 is 0 Å². The summed E-state index contributed by atoms with van der Waals surface area (Å²) in [5, 5.41) is 9.67. The molecule has 0 aromatic heterocycles. The van der Waals surface area contributed by atoms with Gasteiger partial charge in [0.25, 0.3) is 0 Å². The lowest BCUT2D eigenvalue weighted by atomic mass is 9.73. The van der Waals surface area contributed by atoms with Crippen molar-refractivity contribution in [3.8, 4) is 0 Å². The number of hydrogen-bond acceptors (Lipinski definition) is 2. The van der Waals surface area contributed by atoms with Crippen molar-refractivity contribution in [1.29, 1.82) is 0 Å². The van der Waals surface area contributed by atoms with Crippen molar-refractivity contribution in [2.45, 2.75) is 99.5 Å². The van der Waals surface area contributed by atoms with E-state index in [2.05, 4.69) is 34.6 Å². The first-order valence-electron chi connectivity index (χ1n) is 9.96. The monoisotopic (exact) mass is 328 g/mol. The van der Waals surface area contributed by atoms with Gasteiger partial charge in [-0.3, -0.25) is 0 Å². The van der Waals surface area contributed by atoms with Gasteiger partial charge in [-0.15, -0.1) is 0 Å². The number of rotatable bonds is 2. The van der Waals surface area contributed by atoms with Gasteiger partial charge in [-0.2, -0.15) is 0 Å². The Labute approximate surface area is 146 Å². The van der Waals surface area contributed by atoms with Crippen LogP contribution in [0.25, 0.3) is 0 Å². The van der Waals surface area contributed by atoms with Crippen molar-refractivity contribution in [2.75, 3.05) is 13.2 Å². The molecule has 1 saturated carbocycles. The van der Waals surface area contributed by atoms with Crippen molar-refractivity contribution < 1.29 is 9.84 Å². The summed E-state index contributed by atoms with van der Waals surface area (Å²) < 4.78 is 5.32. The molecule has 1 N–H and O–H groups in total. The van der Waals surface area contributed by atoms with Crippen LogP contribution in [0.4, 0.5) is 0 Å². The molecule has 0 aromatic rings. The fraction of sp³-hybridized carbons (Fsp3) is 1.00. The zero-order chi connectivity index (χ0) is 18.1. The molecule has 0 aromatic carbocycles. The summed E-state index contributed by atoms with van der Waals surface area (Å²) in [5.74, 6) is 2.46. The lowest BCUT2D eigenvalue weighted by Crippen LogP contribution is -2.31. The first-order valence-corrected chi connectivity index (χ1v) is 9.96. The topological polar surface area (TPSA) is 29.5 Å². The summed E-state index contributed by atoms with van der Waals surface area (Å²) >= 11 is 0. The van der Waals surface area contributed by atoms with Gasteiger partial charge in [0.1, 0.15) is 0 Å². The maximum Gasteiger partial charge on any atom is 0.0620 e. The summed E-state index contributed by atoms with van der Waals surface area (Å²) in [5.41, 5.74) is 0.198. The molecule has 2 aliphatic rings. The molecule has 2 nitrogen and oxygen atoms in total. The third-order valence-corrected chi connectivity index (χ3v) is 6.08. The quantitative estimate of drug-likeness (QED) is 0.666. The number of ether oxygens (including phenoxy) is 1. The molecule has 2 fully saturated rings. The van der Waals surface area contributed by atoms with Gasteiger partial charge in [-0.1, -0.05) is 48.5 Å². The number of hydrogen-bond donors (Lipinski definition) is 1. The van der Waals surface area contributed by atoms with Crippen molar-refractivity contribution >= 4 is 0 Å². The summed E-state index contributed by atoms with van der Waals surface area (Å²) in [7, 11) is 0. The highest BCUT2D eigenvalue weighted by Gasteiger charge is 2.30. The van der Waals surface area contributed by atoms with Gasteiger partial charge in [0.2, 0.25) is 0 Å². The Balaban J connectivity index is 0.000000381. The smallest absolute Gasteiger partial charge is 0.0620 e. The Kier molecular flexibility index (Phi) is 10.7. The summed E-state index contributed by atoms with van der Waals surface area (Å²) in [6.07, 6.45) is 6.90. The highest BCUT2D eigenvalue weighted by atomic mass is 16.5. The summed E-state index contributed by atoms with van der Waals surface area (Å²) in [6, 6.07) is 0. The van der Waals surface area contributed by atoms with E-state index >= 15 is 0 Å². The van der Waals surface area contributed by atoms with Crippen molar-refractivity contribution in [3.05, 3.63) is 0 Å². The Morgan fingerprint density at radius 3 is 1.61 bits per heavy atom. The zero-order valence-electron chi connectivity index (χ0n) is 17.2. The first kappa shape index (κ1) is 22.9. The molecule has 0 unspecified atom stereocenters. The van der Waals surface area contributed by atoms with Gasteiger partial charge >= 0.3 is 0 Å². The van der Waals surface area contributed by atoms with Crippen LogP contribution in [0.5, 0.6) is 0 Å². The molecule has 2 rings (SSSR count). The average Bonchev–Trinajstić information content (AvgIpc) is 2.50. The van der Waals surface area contributed by atoms with E-state index in [1.54, 1.807) is 0 Å². The third-order valence-electron chi connectivity index (χ3n) is 6.08. The number of aliphatic hydroxyl groups is 1. The van der Waals surface area contributed by atoms with E-state index in [-0.39, 0.29) is 5.60 Å². The van der Waals surface area contributed by atoms with Crippen LogP contribution in [0.2, 0.25) is 0 Å². The minimum Gasteiger partial charge on any atom is -0.390 e. The Hall–Kier alpha value is -0.0800. The second kappa shape index (κ2) is 10.7. The molecule has 0 bridgehead atoms. The molecule has 0 amide bonds. The van der Waals surface area contributed by atoms with E-state index in [1.165, 1.54) is 25.7 Å². The molecule has 1 saturated heterocycles. The predicted octanol–water partition coefficient (Wildman–Crippen LogP) is 6.07. The van der Waals surface area contributed by atoms with E-state index in [4.69, 9.17) is 4.74 Å². The van der Waals surface area contributed by atoms with Crippen LogP contribution < -0.4 is 0 Å². The highest BCUT2D eigenvalue weighted by Crippen LogP contribution is 2.37. The van der Waals surface area contributed by atoms with Crippen molar-refractivity contribution in [3.63, 3.8) is 0 Å². The predicted molar refractivity (Wildman–Crippen MR) is 102 cm³/mol. The van der Waals surface area contributed by atoms with Crippen LogP contribution in [-0.2, 0) is 4.74 Å². The fourth-order valence-electron chi connectivity index (χ4n) is 3.34. The van der Waals surface area contributed by atoms with E-state index in [1.807, 2.05) is 20.8 Å². The Morgan fingerprint density at radius 2 is 1.30 bits per heavy atom. The Bertz CT molecular complexity index is 278. The van der Waals surface area contributed by atoms with Crippen LogP contribution in [-0.4, -0.2) is 23.9 Å². The van der Waals surface area contributed by atoms with Gasteiger partial charge in [-0.05, 0) is 68.6 Å². The lowest BCUT2D eigenvalue weighted by molar-refractivity contribution is 0.000554. The second-order valence-electron chi connectivity index (χ2n) is 8.50. The standard InChI is InChI=1S/C10H20O.C9H18O.C2H6/c1-8(2)9-4-6-10(3,11)7-5-9;1-8(2)9(3)4-6-10-7-5-9;1-2/h8-9,11H,4-7H2,1-3H3;8H,4-7H2,1-3H3;1-2H3. The van der Waals surface area contributed by atoms with Gasteiger partial charge < -0.3 is 9.84 Å². The Morgan fingerprint density at radius 1 is 0.870 bits per heavy atom. The van der Waals surface area contributed by atoms with Crippen molar-refractivity contribution in [1.82, 2.24) is 0 Å². The van der Waals surface area contributed by atoms with E-state index in [9.17, 15) is 5.11 Å². The van der Waals surface area contributed by atoms with Gasteiger partial charge in [0.15, 0.2) is 0 Å². The van der Waals surface area contributed by atoms with Crippen LogP contribution in [0.1, 0.15) is 93.9 Å². The van der Waals surface area contributed by atoms with Crippen molar-refractivity contribution in [2.24, 2.45) is 23.2 Å². The minimum absolute atomic E-state index is 0.356. The molecular weight excluding hydrogens is 284 g/mol.